The van der Waals surface area contributed by atoms with E-state index in [1.807, 2.05) is 18.2 Å². The smallest absolute Gasteiger partial charge is 0.416 e. The van der Waals surface area contributed by atoms with Gasteiger partial charge in [-0.25, -0.2) is 0 Å². The number of benzene rings is 3. The molecule has 0 radical (unpaired) electrons. The molecule has 0 saturated carbocycles. The van der Waals surface area contributed by atoms with Crippen molar-refractivity contribution in [2.24, 2.45) is 0 Å². The van der Waals surface area contributed by atoms with Crippen LogP contribution in [-0.4, -0.2) is 16.8 Å². The highest BCUT2D eigenvalue weighted by Gasteiger charge is 2.48. The van der Waals surface area contributed by atoms with Gasteiger partial charge in [0, 0.05) is 11.3 Å². The molecule has 170 valence electrons. The molecule has 0 bridgehead atoms. The van der Waals surface area contributed by atoms with Gasteiger partial charge in [-0.1, -0.05) is 42.5 Å². The molecule has 3 aromatic carbocycles. The van der Waals surface area contributed by atoms with Crippen molar-refractivity contribution >= 4 is 33.9 Å². The van der Waals surface area contributed by atoms with Crippen molar-refractivity contribution in [2.45, 2.75) is 12.2 Å². The topological polar surface area (TPSA) is 70.8 Å². The fourth-order valence-electron chi connectivity index (χ4n) is 4.20. The normalized spacial score (nSPS) is 18.1. The minimum Gasteiger partial charge on any atom is -0.507 e. The second-order valence-corrected chi connectivity index (χ2v) is 7.76. The number of furan rings is 1. The Morgan fingerprint density at radius 2 is 1.59 bits per heavy atom. The zero-order chi connectivity index (χ0) is 24.0. The van der Waals surface area contributed by atoms with Crippen LogP contribution in [0, 0.1) is 0 Å². The Bertz CT molecular complexity index is 1430. The number of hydrogen-bond acceptors (Lipinski definition) is 4. The third kappa shape index (κ3) is 3.44. The van der Waals surface area contributed by atoms with Gasteiger partial charge in [-0.3, -0.25) is 14.5 Å². The maximum absolute atomic E-state index is 13.1. The lowest BCUT2D eigenvalue weighted by molar-refractivity contribution is -0.137. The summed E-state index contributed by atoms with van der Waals surface area (Å²) in [6, 6.07) is 18.2. The molecule has 5 rings (SSSR count). The van der Waals surface area contributed by atoms with Crippen LogP contribution >= 0.6 is 0 Å². The summed E-state index contributed by atoms with van der Waals surface area (Å²) in [7, 11) is 0. The number of fused-ring (bicyclic) bond motifs is 1. The van der Waals surface area contributed by atoms with Crippen LogP contribution in [-0.2, 0) is 15.8 Å². The van der Waals surface area contributed by atoms with Crippen LogP contribution in [0.25, 0.3) is 16.5 Å². The number of hydrogen-bond donors (Lipinski definition) is 1. The molecule has 1 fully saturated rings. The van der Waals surface area contributed by atoms with Crippen LogP contribution in [0.5, 0.6) is 0 Å². The third-order valence-electron chi connectivity index (χ3n) is 5.77. The molecule has 1 atom stereocenters. The first-order valence-electron chi connectivity index (χ1n) is 10.3. The first-order valence-corrected chi connectivity index (χ1v) is 10.3. The highest BCUT2D eigenvalue weighted by Crippen LogP contribution is 2.43. The molecule has 2 heterocycles. The highest BCUT2D eigenvalue weighted by molar-refractivity contribution is 6.51. The maximum Gasteiger partial charge on any atom is 0.416 e. The Labute approximate surface area is 191 Å². The van der Waals surface area contributed by atoms with Gasteiger partial charge in [0.25, 0.3) is 11.7 Å². The van der Waals surface area contributed by atoms with Gasteiger partial charge in [-0.05, 0) is 47.2 Å². The Morgan fingerprint density at radius 3 is 2.26 bits per heavy atom. The molecule has 1 amide bonds. The quantitative estimate of drug-likeness (QED) is 0.227. The van der Waals surface area contributed by atoms with E-state index in [0.717, 1.165) is 34.6 Å². The number of nitrogens with zero attached hydrogens (tertiary/aromatic N) is 1. The van der Waals surface area contributed by atoms with Crippen LogP contribution in [0.3, 0.4) is 0 Å². The molecule has 0 aliphatic carbocycles. The molecule has 1 aromatic heterocycles. The zero-order valence-corrected chi connectivity index (χ0v) is 17.4. The van der Waals surface area contributed by atoms with Crippen LogP contribution in [0.4, 0.5) is 18.9 Å². The fourth-order valence-corrected chi connectivity index (χ4v) is 4.20. The van der Waals surface area contributed by atoms with Crippen LogP contribution in [0.1, 0.15) is 22.9 Å². The van der Waals surface area contributed by atoms with Crippen LogP contribution in [0.2, 0.25) is 0 Å². The highest BCUT2D eigenvalue weighted by atomic mass is 19.4. The largest absolute Gasteiger partial charge is 0.507 e. The number of anilines is 1. The second kappa shape index (κ2) is 7.91. The van der Waals surface area contributed by atoms with Crippen LogP contribution < -0.4 is 4.90 Å². The fraction of sp³-hybridized carbons (Fsp3) is 0.0769. The van der Waals surface area contributed by atoms with Gasteiger partial charge >= 0.3 is 6.18 Å². The van der Waals surface area contributed by atoms with Gasteiger partial charge in [0.2, 0.25) is 0 Å². The number of carbonyl (C=O) groups excluding carboxylic acids is 2. The van der Waals surface area contributed by atoms with Gasteiger partial charge in [0.05, 0.1) is 17.4 Å². The standard InChI is InChI=1S/C26H16F3NO4/c27-26(28,29)16-10-12-17(13-11-16)30-22(20-9-4-14-34-20)21(24(32)25(30)33)23(31)19-8-3-6-15-5-1-2-7-18(15)19/h1-14,22,31H/b23-21-. The van der Waals surface area contributed by atoms with E-state index in [4.69, 9.17) is 4.42 Å². The number of rotatable bonds is 3. The molecule has 34 heavy (non-hydrogen) atoms. The Balaban J connectivity index is 1.70. The molecule has 1 N–H and O–H groups in total. The van der Waals surface area contributed by atoms with Crippen molar-refractivity contribution in [3.05, 3.63) is 108 Å². The van der Waals surface area contributed by atoms with Crippen molar-refractivity contribution in [1.82, 2.24) is 0 Å². The van der Waals surface area contributed by atoms with Gasteiger partial charge in [0.1, 0.15) is 17.6 Å². The third-order valence-corrected chi connectivity index (χ3v) is 5.77. The predicted octanol–water partition coefficient (Wildman–Crippen LogP) is 6.08. The summed E-state index contributed by atoms with van der Waals surface area (Å²) in [6.45, 7) is 0. The van der Waals surface area contributed by atoms with E-state index in [9.17, 15) is 27.9 Å². The summed E-state index contributed by atoms with van der Waals surface area (Å²) in [5.74, 6) is -2.17. The van der Waals surface area contributed by atoms with Gasteiger partial charge < -0.3 is 9.52 Å². The lowest BCUT2D eigenvalue weighted by Crippen LogP contribution is -2.29. The minimum absolute atomic E-state index is 0.0634. The van der Waals surface area contributed by atoms with Crippen LogP contribution in [0.15, 0.2) is 95.1 Å². The number of halogens is 3. The molecule has 4 aromatic rings. The molecule has 1 saturated heterocycles. The summed E-state index contributed by atoms with van der Waals surface area (Å²) in [4.78, 5) is 27.3. The molecule has 1 aliphatic heterocycles. The van der Waals surface area contributed by atoms with Crippen molar-refractivity contribution in [1.29, 1.82) is 0 Å². The summed E-state index contributed by atoms with van der Waals surface area (Å²) in [6.07, 6.45) is -3.21. The molecular formula is C26H16F3NO4. The summed E-state index contributed by atoms with van der Waals surface area (Å²) in [5.41, 5.74) is -0.692. The van der Waals surface area contributed by atoms with E-state index in [-0.39, 0.29) is 17.0 Å². The summed E-state index contributed by atoms with van der Waals surface area (Å²) in [5, 5.41) is 12.8. The predicted molar refractivity (Wildman–Crippen MR) is 119 cm³/mol. The number of alkyl halides is 3. The van der Waals surface area contributed by atoms with E-state index in [0.29, 0.717) is 10.9 Å². The summed E-state index contributed by atoms with van der Waals surface area (Å²) >= 11 is 0. The number of Topliss-reactive ketones (excluding diaryl/α,β-unsaturated/α-hetero) is 1. The number of amides is 1. The SMILES string of the molecule is O=C1C(=O)N(c2ccc(C(F)(F)F)cc2)C(c2ccco2)/C1=C(/O)c1cccc2ccccc12. The van der Waals surface area contributed by atoms with E-state index >= 15 is 0 Å². The van der Waals surface area contributed by atoms with E-state index < -0.39 is 35.2 Å². The van der Waals surface area contributed by atoms with E-state index in [1.165, 1.54) is 12.3 Å². The lowest BCUT2D eigenvalue weighted by atomic mass is 9.96. The molecular weight excluding hydrogens is 447 g/mol. The average molecular weight is 463 g/mol. The van der Waals surface area contributed by atoms with E-state index in [2.05, 4.69) is 0 Å². The molecule has 0 spiro atoms. The Morgan fingerprint density at radius 1 is 0.882 bits per heavy atom. The van der Waals surface area contributed by atoms with Crippen molar-refractivity contribution in [2.75, 3.05) is 4.90 Å². The lowest BCUT2D eigenvalue weighted by Gasteiger charge is -2.23. The molecule has 8 heteroatoms. The second-order valence-electron chi connectivity index (χ2n) is 7.76. The molecule has 1 unspecified atom stereocenters. The van der Waals surface area contributed by atoms with Crippen molar-refractivity contribution in [3.8, 4) is 0 Å². The average Bonchev–Trinajstić information content (AvgIpc) is 3.45. The number of aliphatic hydroxyl groups excluding tert-OH is 1. The number of ketones is 1. The van der Waals surface area contributed by atoms with Gasteiger partial charge in [0.15, 0.2) is 0 Å². The van der Waals surface area contributed by atoms with Crippen molar-refractivity contribution in [3.63, 3.8) is 0 Å². The Hall–Kier alpha value is -4.33. The maximum atomic E-state index is 13.1. The number of carbonyl (C=O) groups is 2. The monoisotopic (exact) mass is 463 g/mol. The van der Waals surface area contributed by atoms with Gasteiger partial charge in [-0.15, -0.1) is 0 Å². The zero-order valence-electron chi connectivity index (χ0n) is 17.4. The van der Waals surface area contributed by atoms with E-state index in [1.54, 1.807) is 30.3 Å². The van der Waals surface area contributed by atoms with Gasteiger partial charge in [-0.2, -0.15) is 13.2 Å². The molecule has 1 aliphatic rings. The minimum atomic E-state index is -4.55. The number of aliphatic hydroxyl groups is 1. The van der Waals surface area contributed by atoms with Crippen molar-refractivity contribution < 1.29 is 32.3 Å². The summed E-state index contributed by atoms with van der Waals surface area (Å²) < 4.78 is 44.6. The molecule has 5 nitrogen and oxygen atoms in total. The first-order chi connectivity index (χ1) is 16.3. The first kappa shape index (κ1) is 21.5. The Kier molecular flexibility index (Phi) is 5.01.